The van der Waals surface area contributed by atoms with Crippen molar-refractivity contribution in [2.75, 3.05) is 4.90 Å². The van der Waals surface area contributed by atoms with Gasteiger partial charge in [0.2, 0.25) is 0 Å². The van der Waals surface area contributed by atoms with Gasteiger partial charge < -0.3 is 13.7 Å². The van der Waals surface area contributed by atoms with Crippen LogP contribution in [0, 0.1) is 0 Å². The van der Waals surface area contributed by atoms with Crippen LogP contribution < -0.4 is 4.90 Å². The maximum Gasteiger partial charge on any atom is 0.159 e. The summed E-state index contributed by atoms with van der Waals surface area (Å²) in [7, 11) is 0. The highest BCUT2D eigenvalue weighted by Crippen LogP contribution is 2.59. The molecule has 0 radical (unpaired) electrons. The molecule has 11 rings (SSSR count). The first kappa shape index (κ1) is 24.7. The number of anilines is 2. The molecular formula is C42H25NO2S. The van der Waals surface area contributed by atoms with E-state index < -0.39 is 0 Å². The van der Waals surface area contributed by atoms with Crippen LogP contribution in [0.5, 0.6) is 0 Å². The zero-order valence-corrected chi connectivity index (χ0v) is 25.4. The average Bonchev–Trinajstić information content (AvgIpc) is 3.86. The van der Waals surface area contributed by atoms with Crippen LogP contribution in [0.2, 0.25) is 0 Å². The maximum atomic E-state index is 6.88. The van der Waals surface area contributed by atoms with Crippen LogP contribution in [0.3, 0.4) is 0 Å². The van der Waals surface area contributed by atoms with Crippen LogP contribution in [0.4, 0.5) is 11.4 Å². The Bertz CT molecular complexity index is 2740. The molecule has 4 heterocycles. The number of hydrogen-bond donors (Lipinski definition) is 0. The minimum absolute atomic E-state index is 0.150. The van der Waals surface area contributed by atoms with Gasteiger partial charge in [0.25, 0.3) is 0 Å². The molecule has 1 aliphatic carbocycles. The summed E-state index contributed by atoms with van der Waals surface area (Å²) >= 11 is 1.92. The molecule has 0 saturated carbocycles. The van der Waals surface area contributed by atoms with Crippen molar-refractivity contribution < 1.29 is 8.83 Å². The third kappa shape index (κ3) is 3.16. The summed E-state index contributed by atoms with van der Waals surface area (Å²) in [4.78, 5) is 3.96. The van der Waals surface area contributed by atoms with Crippen molar-refractivity contribution in [3.05, 3.63) is 149 Å². The first-order valence-electron chi connectivity index (χ1n) is 15.8. The molecule has 0 N–H and O–H groups in total. The van der Waals surface area contributed by atoms with E-state index in [1.807, 2.05) is 23.5 Å². The van der Waals surface area contributed by atoms with Crippen molar-refractivity contribution in [3.8, 4) is 11.1 Å². The van der Waals surface area contributed by atoms with E-state index in [1.54, 1.807) is 0 Å². The molecule has 3 aromatic heterocycles. The Labute approximate surface area is 268 Å². The lowest BCUT2D eigenvalue weighted by Gasteiger charge is -2.31. The van der Waals surface area contributed by atoms with Gasteiger partial charge in [-0.1, -0.05) is 109 Å². The molecule has 2 atom stereocenters. The van der Waals surface area contributed by atoms with Gasteiger partial charge in [0.1, 0.15) is 16.7 Å². The summed E-state index contributed by atoms with van der Waals surface area (Å²) in [5.41, 5.74) is 10.8. The average molecular weight is 608 g/mol. The van der Waals surface area contributed by atoms with Crippen molar-refractivity contribution in [1.29, 1.82) is 0 Å². The molecule has 0 amide bonds. The second-order valence-corrected chi connectivity index (χ2v) is 13.4. The van der Waals surface area contributed by atoms with E-state index in [4.69, 9.17) is 8.83 Å². The Hall–Kier alpha value is -5.58. The molecule has 4 heteroatoms. The summed E-state index contributed by atoms with van der Waals surface area (Å²) in [5.74, 6) is 0.262. The lowest BCUT2D eigenvalue weighted by molar-refractivity contribution is 0.652. The zero-order valence-electron chi connectivity index (χ0n) is 24.6. The highest BCUT2D eigenvalue weighted by Gasteiger charge is 2.43. The number of benzene rings is 6. The van der Waals surface area contributed by atoms with Gasteiger partial charge in [-0.2, -0.15) is 0 Å². The molecule has 9 aromatic rings. The number of para-hydroxylation sites is 4. The molecule has 0 fully saturated rings. The number of rotatable bonds is 2. The van der Waals surface area contributed by atoms with Crippen LogP contribution in [0.25, 0.3) is 71.2 Å². The zero-order chi connectivity index (χ0) is 29.9. The van der Waals surface area contributed by atoms with E-state index in [9.17, 15) is 0 Å². The minimum Gasteiger partial charge on any atom is -0.455 e. The minimum atomic E-state index is 0.150. The maximum absolute atomic E-state index is 6.88. The lowest BCUT2D eigenvalue weighted by atomic mass is 9.87. The molecule has 6 aromatic carbocycles. The number of nitrogens with zero attached hydrogens (tertiary/aromatic N) is 1. The summed E-state index contributed by atoms with van der Waals surface area (Å²) in [6.07, 6.45) is 4.76. The van der Waals surface area contributed by atoms with Crippen molar-refractivity contribution in [2.45, 2.75) is 12.0 Å². The summed E-state index contributed by atoms with van der Waals surface area (Å²) in [6, 6.07) is 45.6. The fraction of sp³-hybridized carbons (Fsp3) is 0.0476. The number of fused-ring (bicyclic) bond motifs is 13. The molecule has 2 unspecified atom stereocenters. The topological polar surface area (TPSA) is 29.5 Å². The summed E-state index contributed by atoms with van der Waals surface area (Å²) in [6.45, 7) is 0. The lowest BCUT2D eigenvalue weighted by Crippen LogP contribution is -2.22. The van der Waals surface area contributed by atoms with E-state index in [1.165, 1.54) is 31.8 Å². The van der Waals surface area contributed by atoms with Gasteiger partial charge in [-0.05, 0) is 47.0 Å². The van der Waals surface area contributed by atoms with Gasteiger partial charge in [-0.15, -0.1) is 11.3 Å². The molecule has 46 heavy (non-hydrogen) atoms. The molecule has 3 nitrogen and oxygen atoms in total. The van der Waals surface area contributed by atoms with Gasteiger partial charge in [0, 0.05) is 53.7 Å². The first-order valence-corrected chi connectivity index (χ1v) is 16.6. The van der Waals surface area contributed by atoms with Crippen molar-refractivity contribution >= 4 is 82.8 Å². The van der Waals surface area contributed by atoms with Gasteiger partial charge in [-0.25, -0.2) is 0 Å². The van der Waals surface area contributed by atoms with E-state index in [0.29, 0.717) is 0 Å². The van der Waals surface area contributed by atoms with Crippen LogP contribution >= 0.6 is 11.3 Å². The molecule has 0 spiro atoms. The SMILES string of the molecule is C1=CC2c3ccccc3N(c3cccc4c3oc3cccc(-c5cccc6c5oc5ccccc56)c34)C2c2sc3ccccc3c21. The monoisotopic (exact) mass is 607 g/mol. The van der Waals surface area contributed by atoms with Crippen LogP contribution in [0.15, 0.2) is 142 Å². The largest absolute Gasteiger partial charge is 0.455 e. The van der Waals surface area contributed by atoms with Crippen molar-refractivity contribution in [1.82, 2.24) is 0 Å². The van der Waals surface area contributed by atoms with Gasteiger partial charge in [-0.3, -0.25) is 0 Å². The quantitative estimate of drug-likeness (QED) is 0.196. The predicted octanol–water partition coefficient (Wildman–Crippen LogP) is 12.4. The fourth-order valence-corrected chi connectivity index (χ4v) is 9.45. The Morgan fingerprint density at radius 3 is 2.22 bits per heavy atom. The third-order valence-electron chi connectivity index (χ3n) is 10.0. The normalized spacial score (nSPS) is 17.0. The smallest absolute Gasteiger partial charge is 0.159 e. The summed E-state index contributed by atoms with van der Waals surface area (Å²) in [5, 5.41) is 5.82. The number of thiophene rings is 1. The molecule has 0 saturated heterocycles. The summed E-state index contributed by atoms with van der Waals surface area (Å²) < 4.78 is 14.7. The Morgan fingerprint density at radius 1 is 0.543 bits per heavy atom. The van der Waals surface area contributed by atoms with E-state index in [-0.39, 0.29) is 12.0 Å². The Morgan fingerprint density at radius 2 is 1.24 bits per heavy atom. The van der Waals surface area contributed by atoms with Crippen molar-refractivity contribution in [3.63, 3.8) is 0 Å². The van der Waals surface area contributed by atoms with Crippen molar-refractivity contribution in [2.24, 2.45) is 0 Å². The van der Waals surface area contributed by atoms with E-state index in [2.05, 4.69) is 132 Å². The van der Waals surface area contributed by atoms with Gasteiger partial charge >= 0.3 is 0 Å². The number of furan rings is 2. The molecule has 0 bridgehead atoms. The Balaban J connectivity index is 1.17. The Kier molecular flexibility index (Phi) is 4.83. The molecule has 2 aliphatic rings. The molecular weight excluding hydrogens is 583 g/mol. The first-order chi connectivity index (χ1) is 22.8. The number of hydrogen-bond acceptors (Lipinski definition) is 4. The van der Waals surface area contributed by atoms with Gasteiger partial charge in [0.15, 0.2) is 5.58 Å². The van der Waals surface area contributed by atoms with Crippen LogP contribution in [0.1, 0.15) is 28.0 Å². The second-order valence-electron chi connectivity index (χ2n) is 12.3. The third-order valence-corrected chi connectivity index (χ3v) is 11.3. The fourth-order valence-electron chi connectivity index (χ4n) is 8.12. The highest BCUT2D eigenvalue weighted by molar-refractivity contribution is 7.19. The van der Waals surface area contributed by atoms with Gasteiger partial charge in [0.05, 0.1) is 11.7 Å². The standard InChI is InChI=1S/C42H25NO2S/c1-4-17-33-24(10-1)28-22-23-31-26-12-3-6-21-37(26)46-42(31)39(28)43(33)34-18-8-16-32-38-27(13-9-20-36(38)45-41(32)34)30-15-7-14-29-25-11-2-5-19-35(25)44-40(29)30/h1-23,28,39H. The second kappa shape index (κ2) is 9.00. The van der Waals surface area contributed by atoms with E-state index in [0.717, 1.165) is 60.7 Å². The molecule has 1 aliphatic heterocycles. The van der Waals surface area contributed by atoms with Crippen LogP contribution in [-0.2, 0) is 0 Å². The highest BCUT2D eigenvalue weighted by atomic mass is 32.1. The van der Waals surface area contributed by atoms with Crippen LogP contribution in [-0.4, -0.2) is 0 Å². The van der Waals surface area contributed by atoms with E-state index >= 15 is 0 Å². The predicted molar refractivity (Wildman–Crippen MR) is 191 cm³/mol. The molecule has 216 valence electrons.